The van der Waals surface area contributed by atoms with E-state index in [-0.39, 0.29) is 11.9 Å². The van der Waals surface area contributed by atoms with Gasteiger partial charge in [0.2, 0.25) is 5.78 Å². The predicted molar refractivity (Wildman–Crippen MR) is 120 cm³/mol. The summed E-state index contributed by atoms with van der Waals surface area (Å²) in [4.78, 5) is 15.4. The number of Topliss-reactive ketones (excluding diaryl/α,β-unsaturated/α-hetero) is 1. The van der Waals surface area contributed by atoms with Crippen LogP contribution >= 0.6 is 15.9 Å². The monoisotopic (exact) mass is 485 g/mol. The van der Waals surface area contributed by atoms with E-state index in [2.05, 4.69) is 20.8 Å². The van der Waals surface area contributed by atoms with Crippen LogP contribution in [0, 0.1) is 6.92 Å². The molecular formula is C24H24BrNO5. The molecule has 7 heteroatoms. The summed E-state index contributed by atoms with van der Waals surface area (Å²) in [6, 6.07) is 7.60. The average Bonchev–Trinajstić information content (AvgIpc) is 3.37. The number of ketones is 1. The Labute approximate surface area is 189 Å². The molecule has 162 valence electrons. The first-order chi connectivity index (χ1) is 15.0. The second-order valence-electron chi connectivity index (χ2n) is 8.12. The molecule has 3 heterocycles. The third kappa shape index (κ3) is 3.86. The highest BCUT2D eigenvalue weighted by atomic mass is 79.9. The molecular weight excluding hydrogens is 462 g/mol. The van der Waals surface area contributed by atoms with Crippen molar-refractivity contribution < 1.29 is 23.7 Å². The number of methoxy groups -OCH3 is 1. The quantitative estimate of drug-likeness (QED) is 0.584. The van der Waals surface area contributed by atoms with Gasteiger partial charge in [-0.15, -0.1) is 0 Å². The number of benzene rings is 2. The first-order valence-corrected chi connectivity index (χ1v) is 11.2. The van der Waals surface area contributed by atoms with Gasteiger partial charge in [-0.1, -0.05) is 15.9 Å². The van der Waals surface area contributed by atoms with E-state index in [1.807, 2.05) is 31.2 Å². The minimum absolute atomic E-state index is 0.117. The molecule has 0 saturated carbocycles. The Hall–Kier alpha value is -2.35. The van der Waals surface area contributed by atoms with Crippen molar-refractivity contribution in [3.63, 3.8) is 0 Å². The number of fused-ring (bicyclic) bond motifs is 3. The van der Waals surface area contributed by atoms with Crippen molar-refractivity contribution in [2.75, 3.05) is 27.0 Å². The van der Waals surface area contributed by atoms with Gasteiger partial charge < -0.3 is 18.9 Å². The Morgan fingerprint density at radius 3 is 2.97 bits per heavy atom. The summed E-state index contributed by atoms with van der Waals surface area (Å²) < 4.78 is 24.3. The molecule has 0 N–H and O–H groups in total. The Morgan fingerprint density at radius 2 is 2.19 bits per heavy atom. The largest absolute Gasteiger partial charge is 0.496 e. The van der Waals surface area contributed by atoms with E-state index >= 15 is 0 Å². The topological polar surface area (TPSA) is 57.2 Å². The molecule has 0 spiro atoms. The summed E-state index contributed by atoms with van der Waals surface area (Å²) in [5.41, 5.74) is 3.16. The molecule has 5 rings (SSSR count). The number of aryl methyl sites for hydroxylation is 1. The van der Waals surface area contributed by atoms with Crippen molar-refractivity contribution in [2.24, 2.45) is 0 Å². The highest BCUT2D eigenvalue weighted by Gasteiger charge is 2.36. The zero-order valence-corrected chi connectivity index (χ0v) is 19.2. The van der Waals surface area contributed by atoms with Crippen LogP contribution in [0.3, 0.4) is 0 Å². The molecule has 3 aliphatic rings. The molecule has 0 radical (unpaired) electrons. The Kier molecular flexibility index (Phi) is 5.50. The molecule has 6 nitrogen and oxygen atoms in total. The second kappa shape index (κ2) is 8.30. The zero-order chi connectivity index (χ0) is 21.5. The van der Waals surface area contributed by atoms with Crippen molar-refractivity contribution in [1.82, 2.24) is 4.90 Å². The number of nitrogens with zero attached hydrogens (tertiary/aromatic N) is 1. The molecule has 1 unspecified atom stereocenters. The molecule has 1 saturated heterocycles. The summed E-state index contributed by atoms with van der Waals surface area (Å²) in [6.07, 6.45) is 4.16. The van der Waals surface area contributed by atoms with Gasteiger partial charge in [-0.2, -0.15) is 0 Å². The summed E-state index contributed by atoms with van der Waals surface area (Å²) in [6.45, 7) is 4.74. The number of carbonyl (C=O) groups is 1. The molecule has 0 aliphatic carbocycles. The lowest BCUT2D eigenvalue weighted by atomic mass is 9.98. The Morgan fingerprint density at radius 1 is 1.32 bits per heavy atom. The van der Waals surface area contributed by atoms with Crippen LogP contribution in [0.15, 0.2) is 34.5 Å². The van der Waals surface area contributed by atoms with Gasteiger partial charge in [0.1, 0.15) is 24.0 Å². The number of rotatable bonds is 4. The van der Waals surface area contributed by atoms with Crippen LogP contribution in [0.2, 0.25) is 0 Å². The van der Waals surface area contributed by atoms with E-state index in [1.54, 1.807) is 13.2 Å². The van der Waals surface area contributed by atoms with Gasteiger partial charge in [0.05, 0.1) is 24.3 Å². The molecule has 1 fully saturated rings. The lowest BCUT2D eigenvalue weighted by molar-refractivity contribution is 0.0273. The fraction of sp³-hybridized carbons (Fsp3) is 0.375. The lowest BCUT2D eigenvalue weighted by Crippen LogP contribution is -2.37. The molecule has 0 aromatic heterocycles. The van der Waals surface area contributed by atoms with Crippen LogP contribution in [0.4, 0.5) is 0 Å². The molecule has 2 aromatic rings. The Bertz CT molecular complexity index is 1070. The Balaban J connectivity index is 1.48. The fourth-order valence-corrected chi connectivity index (χ4v) is 4.81. The van der Waals surface area contributed by atoms with Crippen LogP contribution in [-0.4, -0.2) is 43.8 Å². The summed E-state index contributed by atoms with van der Waals surface area (Å²) in [5, 5.41) is 0. The number of hydrogen-bond acceptors (Lipinski definition) is 6. The standard InChI is InChI=1S/C24H24BrNO5/c1-14-8-20-18(12-26(13-30-20)11-17-4-3-7-29-17)24-22(14)23(27)21(31-24)10-15-9-16(25)5-6-19(15)28-2/h5-6,8-10,17H,3-4,7,11-13H2,1-2H3/b21-10-. The zero-order valence-electron chi connectivity index (χ0n) is 17.6. The van der Waals surface area contributed by atoms with Crippen molar-refractivity contribution in [3.8, 4) is 17.2 Å². The first-order valence-electron chi connectivity index (χ1n) is 10.4. The third-order valence-corrected chi connectivity index (χ3v) is 6.45. The van der Waals surface area contributed by atoms with E-state index in [1.165, 1.54) is 0 Å². The van der Waals surface area contributed by atoms with E-state index in [9.17, 15) is 4.79 Å². The van der Waals surface area contributed by atoms with Crippen LogP contribution in [0.25, 0.3) is 6.08 Å². The van der Waals surface area contributed by atoms with Gasteiger partial charge in [-0.3, -0.25) is 9.69 Å². The number of carbonyl (C=O) groups excluding carboxylic acids is 1. The van der Waals surface area contributed by atoms with Gasteiger partial charge in [0, 0.05) is 29.7 Å². The van der Waals surface area contributed by atoms with Crippen LogP contribution in [-0.2, 0) is 11.3 Å². The maximum Gasteiger partial charge on any atom is 0.232 e. The van der Waals surface area contributed by atoms with E-state index in [4.69, 9.17) is 18.9 Å². The number of hydrogen-bond donors (Lipinski definition) is 0. The van der Waals surface area contributed by atoms with Gasteiger partial charge in [0.25, 0.3) is 0 Å². The second-order valence-corrected chi connectivity index (χ2v) is 9.04. The number of allylic oxidation sites excluding steroid dienone is 1. The van der Waals surface area contributed by atoms with Crippen LogP contribution < -0.4 is 14.2 Å². The fourth-order valence-electron chi connectivity index (χ4n) is 4.43. The molecule has 3 aliphatic heterocycles. The van der Waals surface area contributed by atoms with Crippen LogP contribution in [0.1, 0.15) is 39.9 Å². The molecule has 0 bridgehead atoms. The molecule has 0 amide bonds. The maximum atomic E-state index is 13.2. The summed E-state index contributed by atoms with van der Waals surface area (Å²) in [5.74, 6) is 2.24. The summed E-state index contributed by atoms with van der Waals surface area (Å²) >= 11 is 3.48. The minimum Gasteiger partial charge on any atom is -0.496 e. The van der Waals surface area contributed by atoms with Crippen molar-refractivity contribution in [1.29, 1.82) is 0 Å². The molecule has 31 heavy (non-hydrogen) atoms. The van der Waals surface area contributed by atoms with Gasteiger partial charge >= 0.3 is 0 Å². The normalized spacial score (nSPS) is 21.6. The molecule has 1 atom stereocenters. The van der Waals surface area contributed by atoms with Gasteiger partial charge in [-0.05, 0) is 55.7 Å². The lowest BCUT2D eigenvalue weighted by Gasteiger charge is -2.31. The SMILES string of the molecule is COc1ccc(Br)cc1/C=C1\Oc2c3c(cc(C)c2C1=O)OCN(CC1CCCO1)C3. The first kappa shape index (κ1) is 20.5. The number of ether oxygens (including phenoxy) is 4. The molecule has 2 aromatic carbocycles. The highest BCUT2D eigenvalue weighted by molar-refractivity contribution is 9.10. The third-order valence-electron chi connectivity index (χ3n) is 5.95. The van der Waals surface area contributed by atoms with E-state index < -0.39 is 0 Å². The van der Waals surface area contributed by atoms with Gasteiger partial charge in [-0.25, -0.2) is 0 Å². The summed E-state index contributed by atoms with van der Waals surface area (Å²) in [7, 11) is 1.61. The van der Waals surface area contributed by atoms with Crippen LogP contribution in [0.5, 0.6) is 17.2 Å². The van der Waals surface area contributed by atoms with Crippen molar-refractivity contribution >= 4 is 27.8 Å². The maximum absolute atomic E-state index is 13.2. The van der Waals surface area contributed by atoms with E-state index in [0.717, 1.165) is 52.9 Å². The number of halogens is 1. The minimum atomic E-state index is -0.117. The smallest absolute Gasteiger partial charge is 0.232 e. The van der Waals surface area contributed by atoms with Crippen molar-refractivity contribution in [3.05, 3.63) is 56.8 Å². The average molecular weight is 486 g/mol. The predicted octanol–water partition coefficient (Wildman–Crippen LogP) is 4.71. The van der Waals surface area contributed by atoms with E-state index in [0.29, 0.717) is 36.1 Å². The van der Waals surface area contributed by atoms with Crippen molar-refractivity contribution in [2.45, 2.75) is 32.4 Å². The van der Waals surface area contributed by atoms with Gasteiger partial charge in [0.15, 0.2) is 5.76 Å². The highest BCUT2D eigenvalue weighted by Crippen LogP contribution is 2.44.